The highest BCUT2D eigenvalue weighted by atomic mass is 79.9. The Morgan fingerprint density at radius 1 is 0.800 bits per heavy atom. The van der Waals surface area contributed by atoms with E-state index in [1.165, 1.54) is 5.39 Å². The number of halogens is 1. The maximum atomic E-state index is 4.34. The summed E-state index contributed by atoms with van der Waals surface area (Å²) < 4.78 is 3.15. The molecule has 0 radical (unpaired) electrons. The largest absolute Gasteiger partial charge is 0.275 e. The SMILES string of the molecule is Brc1ccc(-c2nnc3ccc4ccccc4n23)cc1. The molecule has 0 spiro atoms. The van der Waals surface area contributed by atoms with Crippen LogP contribution in [0.3, 0.4) is 0 Å². The topological polar surface area (TPSA) is 30.2 Å². The van der Waals surface area contributed by atoms with E-state index >= 15 is 0 Å². The van der Waals surface area contributed by atoms with Gasteiger partial charge in [0.2, 0.25) is 0 Å². The number of aromatic nitrogens is 3. The van der Waals surface area contributed by atoms with E-state index in [-0.39, 0.29) is 0 Å². The van der Waals surface area contributed by atoms with Gasteiger partial charge in [-0.15, -0.1) is 10.2 Å². The summed E-state index contributed by atoms with van der Waals surface area (Å²) in [6, 6.07) is 20.5. The maximum Gasteiger partial charge on any atom is 0.168 e. The summed E-state index contributed by atoms with van der Waals surface area (Å²) in [6.45, 7) is 0. The molecule has 4 rings (SSSR count). The van der Waals surface area contributed by atoms with E-state index in [4.69, 9.17) is 0 Å². The molecule has 2 heterocycles. The van der Waals surface area contributed by atoms with Crippen LogP contribution < -0.4 is 0 Å². The van der Waals surface area contributed by atoms with E-state index in [9.17, 15) is 0 Å². The molecule has 0 unspecified atom stereocenters. The summed E-state index contributed by atoms with van der Waals surface area (Å²) in [7, 11) is 0. The minimum Gasteiger partial charge on any atom is -0.275 e. The molecule has 0 aliphatic carbocycles. The van der Waals surface area contributed by atoms with Crippen LogP contribution in [0.2, 0.25) is 0 Å². The van der Waals surface area contributed by atoms with Gasteiger partial charge in [-0.25, -0.2) is 0 Å². The van der Waals surface area contributed by atoms with Gasteiger partial charge in [0.1, 0.15) is 0 Å². The molecule has 20 heavy (non-hydrogen) atoms. The lowest BCUT2D eigenvalue weighted by Gasteiger charge is -2.05. The van der Waals surface area contributed by atoms with Gasteiger partial charge in [-0.3, -0.25) is 4.40 Å². The van der Waals surface area contributed by atoms with E-state index in [1.807, 2.05) is 42.5 Å². The van der Waals surface area contributed by atoms with Crippen molar-refractivity contribution in [3.63, 3.8) is 0 Å². The number of nitrogens with zero attached hydrogens (tertiary/aromatic N) is 3. The van der Waals surface area contributed by atoms with E-state index in [2.05, 4.69) is 48.7 Å². The summed E-state index contributed by atoms with van der Waals surface area (Å²) in [5, 5.41) is 9.79. The molecular formula is C16H10BrN3. The maximum absolute atomic E-state index is 4.34. The molecule has 4 aromatic rings. The summed E-state index contributed by atoms with van der Waals surface area (Å²) in [4.78, 5) is 0. The lowest BCUT2D eigenvalue weighted by Crippen LogP contribution is -1.91. The molecule has 0 saturated carbocycles. The standard InChI is InChI=1S/C16H10BrN3/c17-13-8-5-12(6-9-13)16-19-18-15-10-7-11-3-1-2-4-14(11)20(15)16/h1-10H. The smallest absolute Gasteiger partial charge is 0.168 e. The fourth-order valence-corrected chi connectivity index (χ4v) is 2.69. The first-order valence-electron chi connectivity index (χ1n) is 6.32. The third kappa shape index (κ3) is 1.72. The van der Waals surface area contributed by atoms with Crippen LogP contribution in [0.4, 0.5) is 0 Å². The first kappa shape index (κ1) is 11.6. The molecule has 0 aliphatic heterocycles. The number of rotatable bonds is 1. The highest BCUT2D eigenvalue weighted by molar-refractivity contribution is 9.10. The first-order chi connectivity index (χ1) is 9.83. The van der Waals surface area contributed by atoms with E-state index in [0.717, 1.165) is 27.0 Å². The molecule has 0 N–H and O–H groups in total. The van der Waals surface area contributed by atoms with Gasteiger partial charge in [0, 0.05) is 10.0 Å². The van der Waals surface area contributed by atoms with Gasteiger partial charge in [0.15, 0.2) is 11.5 Å². The number of fused-ring (bicyclic) bond motifs is 3. The summed E-state index contributed by atoms with van der Waals surface area (Å²) in [5.74, 6) is 0.865. The molecule has 0 amide bonds. The van der Waals surface area contributed by atoms with Crippen LogP contribution in [0.25, 0.3) is 27.9 Å². The van der Waals surface area contributed by atoms with Crippen LogP contribution >= 0.6 is 15.9 Å². The van der Waals surface area contributed by atoms with Crippen molar-refractivity contribution >= 4 is 32.5 Å². The van der Waals surface area contributed by atoms with Crippen molar-refractivity contribution in [1.82, 2.24) is 14.6 Å². The molecule has 2 aromatic carbocycles. The molecule has 0 bridgehead atoms. The predicted molar refractivity (Wildman–Crippen MR) is 83.6 cm³/mol. The van der Waals surface area contributed by atoms with Crippen LogP contribution in [0, 0.1) is 0 Å². The summed E-state index contributed by atoms with van der Waals surface area (Å²) >= 11 is 3.46. The van der Waals surface area contributed by atoms with Crippen molar-refractivity contribution in [2.24, 2.45) is 0 Å². The Morgan fingerprint density at radius 3 is 2.45 bits per heavy atom. The zero-order chi connectivity index (χ0) is 13.5. The monoisotopic (exact) mass is 323 g/mol. The van der Waals surface area contributed by atoms with Gasteiger partial charge in [0.25, 0.3) is 0 Å². The molecule has 0 atom stereocenters. The van der Waals surface area contributed by atoms with E-state index in [1.54, 1.807) is 0 Å². The van der Waals surface area contributed by atoms with Crippen molar-refractivity contribution in [2.75, 3.05) is 0 Å². The fraction of sp³-hybridized carbons (Fsp3) is 0. The zero-order valence-electron chi connectivity index (χ0n) is 10.5. The minimum absolute atomic E-state index is 0.863. The Morgan fingerprint density at radius 2 is 1.60 bits per heavy atom. The lowest BCUT2D eigenvalue weighted by atomic mass is 10.2. The van der Waals surface area contributed by atoms with Crippen LogP contribution in [0.5, 0.6) is 0 Å². The minimum atomic E-state index is 0.863. The molecule has 0 fully saturated rings. The molecule has 3 nitrogen and oxygen atoms in total. The Bertz CT molecular complexity index is 910. The summed E-state index contributed by atoms with van der Waals surface area (Å²) in [5.41, 5.74) is 3.03. The van der Waals surface area contributed by atoms with Crippen LogP contribution in [-0.4, -0.2) is 14.6 Å². The van der Waals surface area contributed by atoms with Crippen molar-refractivity contribution in [1.29, 1.82) is 0 Å². The molecule has 0 saturated heterocycles. The van der Waals surface area contributed by atoms with E-state index in [0.29, 0.717) is 0 Å². The van der Waals surface area contributed by atoms with Gasteiger partial charge < -0.3 is 0 Å². The predicted octanol–water partition coefficient (Wildman–Crippen LogP) is 4.31. The van der Waals surface area contributed by atoms with Crippen LogP contribution in [0.15, 0.2) is 65.1 Å². The van der Waals surface area contributed by atoms with Crippen molar-refractivity contribution in [3.8, 4) is 11.4 Å². The first-order valence-corrected chi connectivity index (χ1v) is 7.11. The van der Waals surface area contributed by atoms with Crippen molar-refractivity contribution in [2.45, 2.75) is 0 Å². The zero-order valence-corrected chi connectivity index (χ0v) is 12.1. The van der Waals surface area contributed by atoms with Gasteiger partial charge in [-0.1, -0.05) is 46.3 Å². The Labute approximate surface area is 124 Å². The van der Waals surface area contributed by atoms with E-state index < -0.39 is 0 Å². The van der Waals surface area contributed by atoms with Gasteiger partial charge in [-0.05, 0) is 35.7 Å². The highest BCUT2D eigenvalue weighted by Crippen LogP contribution is 2.24. The van der Waals surface area contributed by atoms with Crippen LogP contribution in [-0.2, 0) is 0 Å². The number of pyridine rings is 1. The molecule has 0 aliphatic rings. The number of hydrogen-bond acceptors (Lipinski definition) is 2. The average molecular weight is 324 g/mol. The lowest BCUT2D eigenvalue weighted by molar-refractivity contribution is 1.12. The Balaban J connectivity index is 2.09. The Kier molecular flexibility index (Phi) is 2.57. The van der Waals surface area contributed by atoms with Gasteiger partial charge >= 0.3 is 0 Å². The van der Waals surface area contributed by atoms with Crippen molar-refractivity contribution in [3.05, 3.63) is 65.1 Å². The van der Waals surface area contributed by atoms with Gasteiger partial charge in [-0.2, -0.15) is 0 Å². The summed E-state index contributed by atoms with van der Waals surface area (Å²) in [6.07, 6.45) is 0. The molecule has 96 valence electrons. The quantitative estimate of drug-likeness (QED) is 0.522. The third-order valence-electron chi connectivity index (χ3n) is 3.38. The van der Waals surface area contributed by atoms with Crippen molar-refractivity contribution < 1.29 is 0 Å². The number of hydrogen-bond donors (Lipinski definition) is 0. The number of para-hydroxylation sites is 1. The Hall–Kier alpha value is -2.20. The second kappa shape index (κ2) is 4.42. The second-order valence-corrected chi connectivity index (χ2v) is 5.53. The molecule has 2 aromatic heterocycles. The number of benzene rings is 2. The van der Waals surface area contributed by atoms with Crippen LogP contribution in [0.1, 0.15) is 0 Å². The normalized spacial score (nSPS) is 11.2. The highest BCUT2D eigenvalue weighted by Gasteiger charge is 2.10. The molecule has 4 heteroatoms. The third-order valence-corrected chi connectivity index (χ3v) is 3.91. The second-order valence-electron chi connectivity index (χ2n) is 4.62. The fourth-order valence-electron chi connectivity index (χ4n) is 2.42. The van der Waals surface area contributed by atoms with Gasteiger partial charge in [0.05, 0.1) is 5.52 Å². The molecular weight excluding hydrogens is 314 g/mol. The average Bonchev–Trinajstić information content (AvgIpc) is 2.92.